The molecule has 0 atom stereocenters. The van der Waals surface area contributed by atoms with Gasteiger partial charge < -0.3 is 5.11 Å². The van der Waals surface area contributed by atoms with Gasteiger partial charge in [0.15, 0.2) is 0 Å². The van der Waals surface area contributed by atoms with Crippen LogP contribution in [0.5, 0.6) is 5.75 Å². The summed E-state index contributed by atoms with van der Waals surface area (Å²) in [6.45, 7) is 0. The van der Waals surface area contributed by atoms with Gasteiger partial charge in [-0.25, -0.2) is 0 Å². The highest BCUT2D eigenvalue weighted by atomic mass is 16.3. The van der Waals surface area contributed by atoms with Gasteiger partial charge in [0.2, 0.25) is 0 Å². The van der Waals surface area contributed by atoms with E-state index in [4.69, 9.17) is 0 Å². The summed E-state index contributed by atoms with van der Waals surface area (Å²) in [5.74, 6) is 0.160. The van der Waals surface area contributed by atoms with Crippen molar-refractivity contribution in [3.63, 3.8) is 0 Å². The minimum absolute atomic E-state index is 0.160. The van der Waals surface area contributed by atoms with E-state index >= 15 is 0 Å². The first-order valence-electron chi connectivity index (χ1n) is 8.49. The van der Waals surface area contributed by atoms with Gasteiger partial charge in [-0.3, -0.25) is 0 Å². The molecular weight excluding hydrogens is 336 g/mol. The smallest absolute Gasteiger partial charge is 0.117 e. The highest BCUT2D eigenvalue weighted by Crippen LogP contribution is 2.35. The van der Waals surface area contributed by atoms with E-state index in [0.29, 0.717) is 5.69 Å². The molecule has 4 aromatic carbocycles. The van der Waals surface area contributed by atoms with Gasteiger partial charge in [0.1, 0.15) is 5.75 Å². The van der Waals surface area contributed by atoms with E-state index in [1.54, 1.807) is 24.3 Å². The van der Waals surface area contributed by atoms with Gasteiger partial charge in [-0.15, -0.1) is 10.2 Å². The molecule has 130 valence electrons. The van der Waals surface area contributed by atoms with Crippen LogP contribution in [0.1, 0.15) is 0 Å². The maximum atomic E-state index is 9.55. The number of rotatable bonds is 4. The van der Waals surface area contributed by atoms with Gasteiger partial charge in [-0.2, -0.15) is 10.2 Å². The molecule has 0 unspecified atom stereocenters. The molecule has 0 spiro atoms. The van der Waals surface area contributed by atoms with E-state index in [9.17, 15) is 5.11 Å². The normalized spacial score (nSPS) is 11.6. The number of aromatic hydroxyl groups is 1. The quantitative estimate of drug-likeness (QED) is 0.382. The Bertz CT molecular complexity index is 1140. The fourth-order valence-corrected chi connectivity index (χ4v) is 2.71. The third kappa shape index (κ3) is 3.88. The molecule has 0 aromatic heterocycles. The number of hydrogen-bond donors (Lipinski definition) is 1. The lowest BCUT2D eigenvalue weighted by molar-refractivity contribution is 0.475. The Morgan fingerprint density at radius 1 is 0.481 bits per heavy atom. The van der Waals surface area contributed by atoms with Crippen LogP contribution in [0, 0.1) is 0 Å². The monoisotopic (exact) mass is 352 g/mol. The summed E-state index contributed by atoms with van der Waals surface area (Å²) < 4.78 is 0. The minimum Gasteiger partial charge on any atom is -0.508 e. The molecule has 5 nitrogen and oxygen atoms in total. The second kappa shape index (κ2) is 7.58. The molecular formula is C22H16N4O. The second-order valence-electron chi connectivity index (χ2n) is 5.90. The highest BCUT2D eigenvalue weighted by Gasteiger charge is 2.05. The number of azo groups is 2. The van der Waals surface area contributed by atoms with E-state index in [-0.39, 0.29) is 5.75 Å². The van der Waals surface area contributed by atoms with Crippen LogP contribution in [0.3, 0.4) is 0 Å². The van der Waals surface area contributed by atoms with Gasteiger partial charge in [0.05, 0.1) is 22.7 Å². The molecule has 0 saturated carbocycles. The van der Waals surface area contributed by atoms with Crippen LogP contribution >= 0.6 is 0 Å². The summed E-state index contributed by atoms with van der Waals surface area (Å²) in [6.07, 6.45) is 0. The zero-order chi connectivity index (χ0) is 18.5. The number of benzene rings is 4. The molecule has 0 amide bonds. The van der Waals surface area contributed by atoms with E-state index in [1.165, 1.54) is 0 Å². The molecule has 1 N–H and O–H groups in total. The summed E-state index contributed by atoms with van der Waals surface area (Å²) in [5.41, 5.74) is 2.89. The number of fused-ring (bicyclic) bond motifs is 1. The van der Waals surface area contributed by atoms with Crippen LogP contribution < -0.4 is 0 Å². The van der Waals surface area contributed by atoms with Crippen molar-refractivity contribution in [3.8, 4) is 5.75 Å². The molecule has 0 radical (unpaired) electrons. The molecule has 4 aromatic rings. The molecule has 5 heteroatoms. The molecule has 27 heavy (non-hydrogen) atoms. The molecule has 0 fully saturated rings. The average Bonchev–Trinajstić information content (AvgIpc) is 2.72. The minimum atomic E-state index is 0.160. The van der Waals surface area contributed by atoms with Crippen LogP contribution in [0.2, 0.25) is 0 Å². The maximum absolute atomic E-state index is 9.55. The van der Waals surface area contributed by atoms with Crippen molar-refractivity contribution in [1.29, 1.82) is 0 Å². The lowest BCUT2D eigenvalue weighted by Crippen LogP contribution is -1.75. The number of nitrogens with zero attached hydrogens (tertiary/aromatic N) is 4. The Morgan fingerprint density at radius 3 is 1.67 bits per heavy atom. The van der Waals surface area contributed by atoms with Crippen LogP contribution in [-0.4, -0.2) is 5.11 Å². The Hall–Kier alpha value is -3.86. The SMILES string of the molecule is Oc1cccc(N=Nc2ccc(N=Nc3ccccc3)c3ccccc23)c1. The van der Waals surface area contributed by atoms with Crippen molar-refractivity contribution in [2.75, 3.05) is 0 Å². The molecule has 0 aliphatic rings. The predicted molar refractivity (Wildman–Crippen MR) is 107 cm³/mol. The van der Waals surface area contributed by atoms with Crippen molar-refractivity contribution in [2.24, 2.45) is 20.5 Å². The summed E-state index contributed by atoms with van der Waals surface area (Å²) in [6, 6.07) is 27.9. The number of hydrogen-bond acceptors (Lipinski definition) is 5. The fourth-order valence-electron chi connectivity index (χ4n) is 2.71. The van der Waals surface area contributed by atoms with Crippen LogP contribution in [0.25, 0.3) is 10.8 Å². The van der Waals surface area contributed by atoms with E-state index in [0.717, 1.165) is 27.8 Å². The van der Waals surface area contributed by atoms with Crippen molar-refractivity contribution in [1.82, 2.24) is 0 Å². The summed E-state index contributed by atoms with van der Waals surface area (Å²) in [4.78, 5) is 0. The molecule has 0 aliphatic heterocycles. The van der Waals surface area contributed by atoms with Crippen LogP contribution in [-0.2, 0) is 0 Å². The van der Waals surface area contributed by atoms with E-state index in [1.807, 2.05) is 66.7 Å². The van der Waals surface area contributed by atoms with Gasteiger partial charge in [0, 0.05) is 16.8 Å². The Balaban J connectivity index is 1.71. The molecule has 0 saturated heterocycles. The zero-order valence-electron chi connectivity index (χ0n) is 14.4. The lowest BCUT2D eigenvalue weighted by Gasteiger charge is -2.04. The highest BCUT2D eigenvalue weighted by molar-refractivity contribution is 5.99. The molecule has 0 bridgehead atoms. The third-order valence-electron chi connectivity index (χ3n) is 4.01. The largest absolute Gasteiger partial charge is 0.508 e. The van der Waals surface area contributed by atoms with Crippen molar-refractivity contribution in [2.45, 2.75) is 0 Å². The summed E-state index contributed by atoms with van der Waals surface area (Å²) >= 11 is 0. The van der Waals surface area contributed by atoms with Crippen molar-refractivity contribution >= 4 is 33.5 Å². The first-order chi connectivity index (χ1) is 13.3. The Kier molecular flexibility index (Phi) is 4.66. The fraction of sp³-hybridized carbons (Fsp3) is 0. The summed E-state index contributed by atoms with van der Waals surface area (Å²) in [5, 5.41) is 28.7. The van der Waals surface area contributed by atoms with Crippen LogP contribution in [0.15, 0.2) is 111 Å². The average molecular weight is 352 g/mol. The van der Waals surface area contributed by atoms with Gasteiger partial charge in [-0.1, -0.05) is 48.5 Å². The van der Waals surface area contributed by atoms with E-state index < -0.39 is 0 Å². The lowest BCUT2D eigenvalue weighted by atomic mass is 10.1. The van der Waals surface area contributed by atoms with E-state index in [2.05, 4.69) is 20.5 Å². The standard InChI is InChI=1S/C22H16N4O/c27-18-10-6-9-17(15-18)24-26-22-14-13-21(19-11-4-5-12-20(19)22)25-23-16-7-2-1-3-8-16/h1-15,27H. The zero-order valence-corrected chi connectivity index (χ0v) is 14.4. The Labute approximate surface area is 156 Å². The first-order valence-corrected chi connectivity index (χ1v) is 8.49. The van der Waals surface area contributed by atoms with Crippen LogP contribution in [0.4, 0.5) is 22.7 Å². The number of phenolic OH excluding ortho intramolecular Hbond substituents is 1. The summed E-state index contributed by atoms with van der Waals surface area (Å²) in [7, 11) is 0. The Morgan fingerprint density at radius 2 is 1.04 bits per heavy atom. The van der Waals surface area contributed by atoms with Crippen molar-refractivity contribution in [3.05, 3.63) is 91.0 Å². The predicted octanol–water partition coefficient (Wildman–Crippen LogP) is 7.38. The first kappa shape index (κ1) is 16.6. The number of phenols is 1. The van der Waals surface area contributed by atoms with Gasteiger partial charge >= 0.3 is 0 Å². The molecule has 0 heterocycles. The second-order valence-corrected chi connectivity index (χ2v) is 5.90. The topological polar surface area (TPSA) is 69.7 Å². The van der Waals surface area contributed by atoms with Gasteiger partial charge in [-0.05, 0) is 36.4 Å². The van der Waals surface area contributed by atoms with Crippen molar-refractivity contribution < 1.29 is 5.11 Å². The third-order valence-corrected chi connectivity index (χ3v) is 4.01. The molecule has 0 aliphatic carbocycles. The van der Waals surface area contributed by atoms with Gasteiger partial charge in [0.25, 0.3) is 0 Å². The molecule has 4 rings (SSSR count). The maximum Gasteiger partial charge on any atom is 0.117 e.